The van der Waals surface area contributed by atoms with Crippen molar-refractivity contribution < 1.29 is 4.79 Å². The van der Waals surface area contributed by atoms with Crippen molar-refractivity contribution >= 4 is 33.9 Å². The maximum absolute atomic E-state index is 11.8. The molecular weight excluding hydrogens is 242 g/mol. The van der Waals surface area contributed by atoms with Crippen LogP contribution in [0.1, 0.15) is 12.5 Å². The van der Waals surface area contributed by atoms with Gasteiger partial charge in [-0.3, -0.25) is 4.79 Å². The summed E-state index contributed by atoms with van der Waals surface area (Å²) < 4.78 is 0. The number of carbonyl (C=O) groups is 1. The standard InChI is InChI=1S/C15H13NOS/c1-11(17)13-9-8-12-5-2-3-6-14(12)16(13)15-7-4-10-18-15/h2-10,13H,1H3. The van der Waals surface area contributed by atoms with Gasteiger partial charge >= 0.3 is 0 Å². The minimum atomic E-state index is -0.196. The Balaban J connectivity index is 2.16. The largest absolute Gasteiger partial charge is 0.319 e. The maximum atomic E-state index is 11.8. The molecule has 0 radical (unpaired) electrons. The smallest absolute Gasteiger partial charge is 0.156 e. The second-order valence-electron chi connectivity index (χ2n) is 4.29. The van der Waals surface area contributed by atoms with Crippen molar-refractivity contribution in [2.75, 3.05) is 4.90 Å². The van der Waals surface area contributed by atoms with Gasteiger partial charge in [0.2, 0.25) is 0 Å². The van der Waals surface area contributed by atoms with E-state index in [0.29, 0.717) is 0 Å². The summed E-state index contributed by atoms with van der Waals surface area (Å²) in [5.41, 5.74) is 2.26. The second-order valence-corrected chi connectivity index (χ2v) is 5.22. The van der Waals surface area contributed by atoms with E-state index in [1.165, 1.54) is 0 Å². The second kappa shape index (κ2) is 4.42. The predicted molar refractivity (Wildman–Crippen MR) is 76.4 cm³/mol. The molecule has 2 aromatic rings. The first-order valence-electron chi connectivity index (χ1n) is 5.88. The maximum Gasteiger partial charge on any atom is 0.156 e. The van der Waals surface area contributed by atoms with Crippen molar-refractivity contribution in [2.45, 2.75) is 13.0 Å². The third kappa shape index (κ3) is 1.77. The average Bonchev–Trinajstić information content (AvgIpc) is 2.90. The number of carbonyl (C=O) groups excluding carboxylic acids is 1. The van der Waals surface area contributed by atoms with Crippen LogP contribution in [0, 0.1) is 0 Å². The number of hydrogen-bond donors (Lipinski definition) is 0. The van der Waals surface area contributed by atoms with Gasteiger partial charge in [0.15, 0.2) is 5.78 Å². The molecule has 0 fully saturated rings. The topological polar surface area (TPSA) is 20.3 Å². The van der Waals surface area contributed by atoms with Gasteiger partial charge in [0.25, 0.3) is 0 Å². The fourth-order valence-corrected chi connectivity index (χ4v) is 3.04. The highest BCUT2D eigenvalue weighted by Crippen LogP contribution is 2.37. The molecular formula is C15H13NOS. The van der Waals surface area contributed by atoms with Gasteiger partial charge in [-0.1, -0.05) is 30.4 Å². The number of Topliss-reactive ketones (excluding diaryl/α,β-unsaturated/α-hetero) is 1. The molecule has 3 heteroatoms. The van der Waals surface area contributed by atoms with Gasteiger partial charge in [-0.05, 0) is 36.1 Å². The molecule has 2 heterocycles. The van der Waals surface area contributed by atoms with Crippen molar-refractivity contribution in [2.24, 2.45) is 0 Å². The zero-order valence-corrected chi connectivity index (χ0v) is 10.9. The van der Waals surface area contributed by atoms with Crippen molar-refractivity contribution in [3.05, 3.63) is 53.4 Å². The molecule has 0 saturated heterocycles. The zero-order valence-electron chi connectivity index (χ0n) is 10.0. The molecule has 1 aliphatic rings. The minimum absolute atomic E-state index is 0.161. The Morgan fingerprint density at radius 1 is 1.22 bits per heavy atom. The van der Waals surface area contributed by atoms with Gasteiger partial charge in [-0.15, -0.1) is 11.3 Å². The van der Waals surface area contributed by atoms with Crippen molar-refractivity contribution in [1.29, 1.82) is 0 Å². The number of thiophene rings is 1. The number of para-hydroxylation sites is 1. The van der Waals surface area contributed by atoms with Crippen LogP contribution in [0.2, 0.25) is 0 Å². The van der Waals surface area contributed by atoms with E-state index in [4.69, 9.17) is 0 Å². The zero-order chi connectivity index (χ0) is 12.5. The molecule has 0 N–H and O–H groups in total. The van der Waals surface area contributed by atoms with Gasteiger partial charge in [0.05, 0.1) is 10.7 Å². The van der Waals surface area contributed by atoms with E-state index in [2.05, 4.69) is 23.1 Å². The van der Waals surface area contributed by atoms with Gasteiger partial charge < -0.3 is 4.90 Å². The number of hydrogen-bond acceptors (Lipinski definition) is 3. The van der Waals surface area contributed by atoms with E-state index < -0.39 is 0 Å². The molecule has 1 aromatic carbocycles. The first-order valence-corrected chi connectivity index (χ1v) is 6.76. The van der Waals surface area contributed by atoms with Crippen LogP contribution in [0.15, 0.2) is 47.9 Å². The highest BCUT2D eigenvalue weighted by molar-refractivity contribution is 7.14. The third-order valence-electron chi connectivity index (χ3n) is 3.09. The summed E-state index contributed by atoms with van der Waals surface area (Å²) in [6, 6.07) is 12.0. The average molecular weight is 255 g/mol. The van der Waals surface area contributed by atoms with Crippen LogP contribution in [-0.4, -0.2) is 11.8 Å². The highest BCUT2D eigenvalue weighted by Gasteiger charge is 2.27. The Labute approximate surface area is 110 Å². The van der Waals surface area contributed by atoms with Crippen molar-refractivity contribution in [1.82, 2.24) is 0 Å². The highest BCUT2D eigenvalue weighted by atomic mass is 32.1. The molecule has 1 aromatic heterocycles. The van der Waals surface area contributed by atoms with Crippen molar-refractivity contribution in [3.63, 3.8) is 0 Å². The van der Waals surface area contributed by atoms with Crippen LogP contribution in [0.5, 0.6) is 0 Å². The third-order valence-corrected chi connectivity index (χ3v) is 3.96. The SMILES string of the molecule is CC(=O)C1C=Cc2ccccc2N1c1cccs1. The molecule has 0 saturated carbocycles. The predicted octanol–water partition coefficient (Wildman–Crippen LogP) is 3.87. The van der Waals surface area contributed by atoms with E-state index in [9.17, 15) is 4.79 Å². The number of anilines is 2. The summed E-state index contributed by atoms with van der Waals surface area (Å²) >= 11 is 1.65. The van der Waals surface area contributed by atoms with Crippen LogP contribution < -0.4 is 4.90 Å². The van der Waals surface area contributed by atoms with Gasteiger partial charge in [-0.2, -0.15) is 0 Å². The normalized spacial score (nSPS) is 17.6. The number of ketones is 1. The Morgan fingerprint density at radius 3 is 2.78 bits per heavy atom. The fourth-order valence-electron chi connectivity index (χ4n) is 2.26. The van der Waals surface area contributed by atoms with E-state index >= 15 is 0 Å². The van der Waals surface area contributed by atoms with Crippen LogP contribution in [0.25, 0.3) is 6.08 Å². The summed E-state index contributed by atoms with van der Waals surface area (Å²) in [5.74, 6) is 0.161. The molecule has 1 atom stereocenters. The molecule has 0 bridgehead atoms. The Kier molecular flexibility index (Phi) is 2.76. The Hall–Kier alpha value is -1.87. The van der Waals surface area contributed by atoms with Crippen LogP contribution in [0.3, 0.4) is 0 Å². The monoisotopic (exact) mass is 255 g/mol. The van der Waals surface area contributed by atoms with E-state index in [1.807, 2.05) is 35.7 Å². The first kappa shape index (κ1) is 11.2. The van der Waals surface area contributed by atoms with Crippen LogP contribution >= 0.6 is 11.3 Å². The lowest BCUT2D eigenvalue weighted by molar-refractivity contribution is -0.117. The summed E-state index contributed by atoms with van der Waals surface area (Å²) in [6.07, 6.45) is 4.01. The van der Waals surface area contributed by atoms with Gasteiger partial charge in [0.1, 0.15) is 6.04 Å². The molecule has 18 heavy (non-hydrogen) atoms. The summed E-state index contributed by atoms with van der Waals surface area (Å²) in [6.45, 7) is 1.64. The molecule has 0 spiro atoms. The van der Waals surface area contributed by atoms with Crippen LogP contribution in [-0.2, 0) is 4.79 Å². The van der Waals surface area contributed by atoms with E-state index in [1.54, 1.807) is 18.3 Å². The van der Waals surface area contributed by atoms with Crippen LogP contribution in [0.4, 0.5) is 10.7 Å². The minimum Gasteiger partial charge on any atom is -0.319 e. The summed E-state index contributed by atoms with van der Waals surface area (Å²) in [7, 11) is 0. The van der Waals surface area contributed by atoms with Crippen molar-refractivity contribution in [3.8, 4) is 0 Å². The number of nitrogens with zero attached hydrogens (tertiary/aromatic N) is 1. The van der Waals surface area contributed by atoms with Gasteiger partial charge in [0, 0.05) is 0 Å². The van der Waals surface area contributed by atoms with E-state index in [-0.39, 0.29) is 11.8 Å². The first-order chi connectivity index (χ1) is 8.77. The summed E-state index contributed by atoms with van der Waals surface area (Å²) in [4.78, 5) is 13.9. The molecule has 0 amide bonds. The number of fused-ring (bicyclic) bond motifs is 1. The molecule has 1 unspecified atom stereocenters. The molecule has 2 nitrogen and oxygen atoms in total. The lowest BCUT2D eigenvalue weighted by Gasteiger charge is -2.33. The lowest BCUT2D eigenvalue weighted by Crippen LogP contribution is -2.36. The number of benzene rings is 1. The molecule has 1 aliphatic heterocycles. The fraction of sp³-hybridized carbons (Fsp3) is 0.133. The van der Waals surface area contributed by atoms with Gasteiger partial charge in [-0.25, -0.2) is 0 Å². The molecule has 90 valence electrons. The molecule has 0 aliphatic carbocycles. The Bertz CT molecular complexity index is 601. The quantitative estimate of drug-likeness (QED) is 0.812. The lowest BCUT2D eigenvalue weighted by atomic mass is 10.0. The van der Waals surface area contributed by atoms with E-state index in [0.717, 1.165) is 16.3 Å². The molecule has 3 rings (SSSR count). The Morgan fingerprint density at radius 2 is 2.06 bits per heavy atom. The summed E-state index contributed by atoms with van der Waals surface area (Å²) in [5, 5.41) is 3.14. The number of rotatable bonds is 2.